The number of anilines is 1. The lowest BCUT2D eigenvalue weighted by molar-refractivity contribution is 0.236. The summed E-state index contributed by atoms with van der Waals surface area (Å²) in [6.07, 6.45) is 1.65. The molecule has 0 aromatic heterocycles. The van der Waals surface area contributed by atoms with Crippen molar-refractivity contribution in [2.75, 3.05) is 24.5 Å². The molecule has 4 rings (SSSR count). The number of para-hydroxylation sites is 1. The molecule has 2 atom stereocenters. The minimum absolute atomic E-state index is 0.0108. The molecule has 2 aromatic carbocycles. The van der Waals surface area contributed by atoms with Gasteiger partial charge in [0.25, 0.3) is 0 Å². The van der Waals surface area contributed by atoms with E-state index in [1.807, 2.05) is 12.1 Å². The van der Waals surface area contributed by atoms with Gasteiger partial charge in [0.15, 0.2) is 0 Å². The van der Waals surface area contributed by atoms with Crippen molar-refractivity contribution in [2.45, 2.75) is 24.8 Å². The molecule has 2 aliphatic rings. The largest absolute Gasteiger partial charge is 0.365 e. The van der Waals surface area contributed by atoms with Crippen LogP contribution in [-0.2, 0) is 6.42 Å². The average Bonchev–Trinajstić information content (AvgIpc) is 3.03. The lowest BCUT2D eigenvalue weighted by Crippen LogP contribution is -2.45. The maximum atomic E-state index is 13.9. The maximum absolute atomic E-state index is 13.9. The normalized spacial score (nSPS) is 21.1. The molecule has 0 unspecified atom stereocenters. The number of halogens is 2. The summed E-state index contributed by atoms with van der Waals surface area (Å²) in [6, 6.07) is 11.8. The van der Waals surface area contributed by atoms with Crippen molar-refractivity contribution >= 4 is 11.7 Å². The van der Waals surface area contributed by atoms with Crippen molar-refractivity contribution < 1.29 is 13.6 Å². The summed E-state index contributed by atoms with van der Waals surface area (Å²) in [6.45, 7) is 1.51. The van der Waals surface area contributed by atoms with E-state index in [-0.39, 0.29) is 17.8 Å². The van der Waals surface area contributed by atoms with Gasteiger partial charge in [0.1, 0.15) is 17.3 Å². The molecule has 1 aliphatic carbocycles. The predicted octanol–water partition coefficient (Wildman–Crippen LogP) is 3.18. The Morgan fingerprint density at radius 2 is 1.88 bits per heavy atom. The van der Waals surface area contributed by atoms with Crippen LogP contribution in [0, 0.1) is 11.6 Å². The Labute approximate surface area is 151 Å². The highest BCUT2D eigenvalue weighted by molar-refractivity contribution is 5.74. The van der Waals surface area contributed by atoms with Crippen molar-refractivity contribution in [3.63, 3.8) is 0 Å². The summed E-state index contributed by atoms with van der Waals surface area (Å²) in [5.41, 5.74) is 2.64. The number of fused-ring (bicyclic) bond motifs is 1. The Hall–Kier alpha value is -2.63. The molecule has 4 nitrogen and oxygen atoms in total. The topological polar surface area (TPSA) is 44.4 Å². The van der Waals surface area contributed by atoms with Crippen LogP contribution < -0.4 is 15.5 Å². The number of rotatable bonds is 4. The zero-order valence-corrected chi connectivity index (χ0v) is 14.3. The van der Waals surface area contributed by atoms with Crippen LogP contribution >= 0.6 is 0 Å². The van der Waals surface area contributed by atoms with Crippen molar-refractivity contribution in [1.29, 1.82) is 0 Å². The van der Waals surface area contributed by atoms with Crippen molar-refractivity contribution in [3.8, 4) is 0 Å². The Morgan fingerprint density at radius 3 is 2.65 bits per heavy atom. The van der Waals surface area contributed by atoms with E-state index < -0.39 is 11.6 Å². The first kappa shape index (κ1) is 16.8. The van der Waals surface area contributed by atoms with Crippen LogP contribution in [0.5, 0.6) is 0 Å². The molecule has 1 aliphatic heterocycles. The molecule has 6 heteroatoms. The fraction of sp³-hybridized carbons (Fsp3) is 0.350. The van der Waals surface area contributed by atoms with E-state index >= 15 is 0 Å². The summed E-state index contributed by atoms with van der Waals surface area (Å²) in [4.78, 5) is 13.8. The molecule has 26 heavy (non-hydrogen) atoms. The third kappa shape index (κ3) is 3.23. The smallest absolute Gasteiger partial charge is 0.315 e. The number of carbonyl (C=O) groups excluding carboxylic acids is 1. The van der Waals surface area contributed by atoms with Gasteiger partial charge in [-0.15, -0.1) is 0 Å². The molecule has 1 saturated heterocycles. The van der Waals surface area contributed by atoms with Crippen LogP contribution in [0.4, 0.5) is 19.3 Å². The third-order valence-corrected chi connectivity index (χ3v) is 5.25. The van der Waals surface area contributed by atoms with Crippen LogP contribution in [0.1, 0.15) is 23.5 Å². The van der Waals surface area contributed by atoms with Gasteiger partial charge in [0.05, 0.1) is 0 Å². The molecule has 1 fully saturated rings. The third-order valence-electron chi connectivity index (χ3n) is 5.25. The molecule has 0 spiro atoms. The lowest BCUT2D eigenvalue weighted by Gasteiger charge is -2.30. The summed E-state index contributed by atoms with van der Waals surface area (Å²) < 4.78 is 27.8. The number of hydrogen-bond acceptors (Lipinski definition) is 2. The summed E-state index contributed by atoms with van der Waals surface area (Å²) in [7, 11) is 0. The highest BCUT2D eigenvalue weighted by Gasteiger charge is 2.29. The molecule has 2 N–H and O–H groups in total. The number of hydrogen-bond donors (Lipinski definition) is 2. The molecular weight excluding hydrogens is 336 g/mol. The molecule has 0 bridgehead atoms. The van der Waals surface area contributed by atoms with Gasteiger partial charge >= 0.3 is 6.03 Å². The van der Waals surface area contributed by atoms with Gasteiger partial charge in [-0.2, -0.15) is 0 Å². The van der Waals surface area contributed by atoms with E-state index in [0.29, 0.717) is 32.0 Å². The number of benzene rings is 2. The van der Waals surface area contributed by atoms with E-state index in [0.717, 1.165) is 6.42 Å². The number of carbonyl (C=O) groups is 1. The minimum atomic E-state index is -0.571. The maximum Gasteiger partial charge on any atom is 0.315 e. The quantitative estimate of drug-likeness (QED) is 0.883. The molecule has 136 valence electrons. The average molecular weight is 357 g/mol. The van der Waals surface area contributed by atoms with Crippen LogP contribution in [0.25, 0.3) is 0 Å². The highest BCUT2D eigenvalue weighted by Crippen LogP contribution is 2.34. The predicted molar refractivity (Wildman–Crippen MR) is 96.4 cm³/mol. The first-order valence-electron chi connectivity index (χ1n) is 8.93. The molecular formula is C20H21F2N3O. The van der Waals surface area contributed by atoms with Crippen molar-refractivity contribution in [2.24, 2.45) is 0 Å². The van der Waals surface area contributed by atoms with Gasteiger partial charge in [0, 0.05) is 31.6 Å². The first-order valence-corrected chi connectivity index (χ1v) is 8.93. The van der Waals surface area contributed by atoms with Gasteiger partial charge in [-0.25, -0.2) is 13.6 Å². The minimum Gasteiger partial charge on any atom is -0.365 e. The van der Waals surface area contributed by atoms with Gasteiger partial charge in [-0.3, -0.25) is 0 Å². The molecule has 1 heterocycles. The molecule has 0 radical (unpaired) electrons. The van der Waals surface area contributed by atoms with Gasteiger partial charge in [-0.05, 0) is 36.1 Å². The standard InChI is InChI=1S/C20H21F2N3O/c21-17-6-3-7-18(22)19(17)25-9-8-15(12-25)24-20(26)23-11-14-10-13-4-1-2-5-16(13)14/h1-7,14-15H,8-12H2,(H2,23,24,26)/t14-,15+/m1/s1. The monoisotopic (exact) mass is 357 g/mol. The Bertz CT molecular complexity index is 806. The number of amides is 2. The van der Waals surface area contributed by atoms with Crippen LogP contribution in [0.15, 0.2) is 42.5 Å². The number of urea groups is 1. The van der Waals surface area contributed by atoms with Gasteiger partial charge < -0.3 is 15.5 Å². The van der Waals surface area contributed by atoms with E-state index in [1.165, 1.54) is 29.3 Å². The Balaban J connectivity index is 1.27. The molecule has 2 amide bonds. The summed E-state index contributed by atoms with van der Waals surface area (Å²) in [5, 5.41) is 5.82. The Kier molecular flexibility index (Phi) is 4.49. The first-order chi connectivity index (χ1) is 12.6. The number of nitrogens with one attached hydrogen (secondary N) is 2. The second-order valence-electron chi connectivity index (χ2n) is 6.96. The second kappa shape index (κ2) is 6.94. The SMILES string of the molecule is O=C(NC[C@H]1Cc2ccccc21)N[C@H]1CCN(c2c(F)cccc2F)C1. The fourth-order valence-electron chi connectivity index (χ4n) is 3.87. The van der Waals surface area contributed by atoms with E-state index in [1.54, 1.807) is 4.90 Å². The van der Waals surface area contributed by atoms with E-state index in [2.05, 4.69) is 22.8 Å². The van der Waals surface area contributed by atoms with Gasteiger partial charge in [-0.1, -0.05) is 30.3 Å². The lowest BCUT2D eigenvalue weighted by atomic mass is 9.78. The van der Waals surface area contributed by atoms with E-state index in [4.69, 9.17) is 0 Å². The highest BCUT2D eigenvalue weighted by atomic mass is 19.1. The second-order valence-corrected chi connectivity index (χ2v) is 6.96. The van der Waals surface area contributed by atoms with Crippen molar-refractivity contribution in [1.82, 2.24) is 10.6 Å². The summed E-state index contributed by atoms with van der Waals surface area (Å²) in [5.74, 6) is -0.776. The van der Waals surface area contributed by atoms with Crippen LogP contribution in [0.3, 0.4) is 0 Å². The zero-order valence-electron chi connectivity index (χ0n) is 14.3. The summed E-state index contributed by atoms with van der Waals surface area (Å²) >= 11 is 0. The molecule has 0 saturated carbocycles. The molecule has 2 aromatic rings. The van der Waals surface area contributed by atoms with Gasteiger partial charge in [0.2, 0.25) is 0 Å². The van der Waals surface area contributed by atoms with Crippen LogP contribution in [0.2, 0.25) is 0 Å². The zero-order chi connectivity index (χ0) is 18.1. The Morgan fingerprint density at radius 1 is 1.12 bits per heavy atom. The van der Waals surface area contributed by atoms with Crippen LogP contribution in [-0.4, -0.2) is 31.7 Å². The fourth-order valence-corrected chi connectivity index (χ4v) is 3.87. The van der Waals surface area contributed by atoms with Crippen molar-refractivity contribution in [3.05, 3.63) is 65.2 Å². The number of nitrogens with zero attached hydrogens (tertiary/aromatic N) is 1. The van der Waals surface area contributed by atoms with E-state index in [9.17, 15) is 13.6 Å².